The highest BCUT2D eigenvalue weighted by atomic mass is 79.9. The average Bonchev–Trinajstić information content (AvgIpc) is 2.37. The van der Waals surface area contributed by atoms with Crippen molar-refractivity contribution in [3.63, 3.8) is 0 Å². The lowest BCUT2D eigenvalue weighted by molar-refractivity contribution is -0.142. The Labute approximate surface area is 113 Å². The summed E-state index contributed by atoms with van der Waals surface area (Å²) in [6.45, 7) is -0.293. The lowest BCUT2D eigenvalue weighted by atomic mass is 10.1. The molecule has 18 heavy (non-hydrogen) atoms. The van der Waals surface area contributed by atoms with Crippen LogP contribution in [0.15, 0.2) is 24.3 Å². The Bertz CT molecular complexity index is 403. The summed E-state index contributed by atoms with van der Waals surface area (Å²) in [5, 5.41) is 0.842. The Morgan fingerprint density at radius 1 is 1.17 bits per heavy atom. The van der Waals surface area contributed by atoms with Gasteiger partial charge in [0.25, 0.3) is 0 Å². The molecule has 0 saturated heterocycles. The van der Waals surface area contributed by atoms with Gasteiger partial charge in [-0.15, -0.1) is 0 Å². The highest BCUT2D eigenvalue weighted by molar-refractivity contribution is 9.09. The number of halogens is 2. The molecule has 1 rings (SSSR count). The van der Waals surface area contributed by atoms with Crippen LogP contribution in [0, 0.1) is 5.82 Å². The van der Waals surface area contributed by atoms with Crippen molar-refractivity contribution in [2.45, 2.75) is 19.3 Å². The molecule has 3 nitrogen and oxygen atoms in total. The average molecular weight is 317 g/mol. The van der Waals surface area contributed by atoms with Crippen molar-refractivity contribution in [3.05, 3.63) is 35.6 Å². The lowest BCUT2D eigenvalue weighted by Crippen LogP contribution is -2.14. The molecule has 98 valence electrons. The van der Waals surface area contributed by atoms with Crippen molar-refractivity contribution in [1.29, 1.82) is 0 Å². The molecular weight excluding hydrogens is 303 g/mol. The first-order chi connectivity index (χ1) is 8.63. The van der Waals surface area contributed by atoms with Gasteiger partial charge in [0, 0.05) is 17.3 Å². The number of carbonyl (C=O) groups excluding carboxylic acids is 2. The smallest absolute Gasteiger partial charge is 0.306 e. The van der Waals surface area contributed by atoms with Gasteiger partial charge in [0.05, 0.1) is 0 Å². The minimum atomic E-state index is -0.404. The van der Waals surface area contributed by atoms with Crippen LogP contribution in [-0.2, 0) is 9.53 Å². The number of rotatable bonds is 7. The maximum Gasteiger partial charge on any atom is 0.306 e. The van der Waals surface area contributed by atoms with Gasteiger partial charge in [0.2, 0.25) is 0 Å². The van der Waals surface area contributed by atoms with Crippen molar-refractivity contribution in [2.24, 2.45) is 0 Å². The molecule has 0 unspecified atom stereocenters. The Kier molecular flexibility index (Phi) is 6.57. The van der Waals surface area contributed by atoms with E-state index >= 15 is 0 Å². The molecule has 0 bridgehead atoms. The Balaban J connectivity index is 2.32. The van der Waals surface area contributed by atoms with E-state index < -0.39 is 5.82 Å². The largest absolute Gasteiger partial charge is 0.457 e. The zero-order valence-corrected chi connectivity index (χ0v) is 11.4. The Morgan fingerprint density at radius 2 is 1.83 bits per heavy atom. The van der Waals surface area contributed by atoms with Crippen molar-refractivity contribution < 1.29 is 18.7 Å². The highest BCUT2D eigenvalue weighted by Gasteiger charge is 2.09. The van der Waals surface area contributed by atoms with E-state index in [0.29, 0.717) is 12.0 Å². The molecule has 1 aromatic carbocycles. The topological polar surface area (TPSA) is 43.4 Å². The Morgan fingerprint density at radius 3 is 2.44 bits per heavy atom. The molecule has 0 aromatic heterocycles. The van der Waals surface area contributed by atoms with E-state index in [1.165, 1.54) is 24.3 Å². The van der Waals surface area contributed by atoms with Gasteiger partial charge in [0.1, 0.15) is 5.82 Å². The standard InChI is InChI=1S/C13H14BrFO3/c14-8-2-1-3-13(17)18-9-12(16)10-4-6-11(15)7-5-10/h4-7H,1-3,8-9H2. The molecule has 0 aliphatic heterocycles. The maximum absolute atomic E-state index is 12.6. The fourth-order valence-electron chi connectivity index (χ4n) is 1.30. The number of alkyl halides is 1. The van der Waals surface area contributed by atoms with Crippen LogP contribution in [-0.4, -0.2) is 23.7 Å². The second-order valence-corrected chi connectivity index (χ2v) is 4.53. The monoisotopic (exact) mass is 316 g/mol. The summed E-state index contributed by atoms with van der Waals surface area (Å²) in [6, 6.07) is 5.14. The third-order valence-corrected chi connectivity index (χ3v) is 2.86. The number of esters is 1. The SMILES string of the molecule is O=C(CCCCBr)OCC(=O)c1ccc(F)cc1. The van der Waals surface area contributed by atoms with E-state index in [4.69, 9.17) is 4.74 Å². The summed E-state index contributed by atoms with van der Waals surface area (Å²) in [5.74, 6) is -1.12. The van der Waals surface area contributed by atoms with Gasteiger partial charge in [-0.25, -0.2) is 4.39 Å². The van der Waals surface area contributed by atoms with E-state index in [1.807, 2.05) is 0 Å². The van der Waals surface area contributed by atoms with E-state index in [0.717, 1.165) is 18.2 Å². The summed E-state index contributed by atoms with van der Waals surface area (Å²) >= 11 is 3.26. The minimum Gasteiger partial charge on any atom is -0.457 e. The molecule has 1 aromatic rings. The van der Waals surface area contributed by atoms with Crippen LogP contribution < -0.4 is 0 Å². The third kappa shape index (κ3) is 5.40. The molecular formula is C13H14BrFO3. The van der Waals surface area contributed by atoms with Crippen molar-refractivity contribution in [1.82, 2.24) is 0 Å². The second kappa shape index (κ2) is 7.97. The van der Waals surface area contributed by atoms with E-state index in [-0.39, 0.29) is 18.4 Å². The van der Waals surface area contributed by atoms with Gasteiger partial charge in [-0.05, 0) is 37.1 Å². The third-order valence-electron chi connectivity index (χ3n) is 2.29. The van der Waals surface area contributed by atoms with E-state index in [2.05, 4.69) is 15.9 Å². The van der Waals surface area contributed by atoms with Crippen LogP contribution >= 0.6 is 15.9 Å². The number of hydrogen-bond donors (Lipinski definition) is 0. The van der Waals surface area contributed by atoms with Crippen LogP contribution in [0.25, 0.3) is 0 Å². The first-order valence-corrected chi connectivity index (χ1v) is 6.76. The minimum absolute atomic E-state index is 0.293. The van der Waals surface area contributed by atoms with Crippen LogP contribution in [0.3, 0.4) is 0 Å². The molecule has 0 spiro atoms. The first-order valence-electron chi connectivity index (χ1n) is 5.64. The van der Waals surface area contributed by atoms with Crippen molar-refractivity contribution in [3.8, 4) is 0 Å². The van der Waals surface area contributed by atoms with Crippen LogP contribution in [0.1, 0.15) is 29.6 Å². The number of carbonyl (C=O) groups is 2. The molecule has 0 radical (unpaired) electrons. The van der Waals surface area contributed by atoms with Crippen LogP contribution in [0.5, 0.6) is 0 Å². The molecule has 0 heterocycles. The molecule has 0 aliphatic carbocycles. The Hall–Kier alpha value is -1.23. The van der Waals surface area contributed by atoms with Gasteiger partial charge in [-0.2, -0.15) is 0 Å². The molecule has 0 aliphatic rings. The number of ether oxygens (including phenoxy) is 1. The molecule has 0 atom stereocenters. The first kappa shape index (κ1) is 14.8. The quantitative estimate of drug-likeness (QED) is 0.336. The van der Waals surface area contributed by atoms with E-state index in [9.17, 15) is 14.0 Å². The molecule has 5 heteroatoms. The summed E-state index contributed by atoms with van der Waals surface area (Å²) in [5.41, 5.74) is 0.338. The van der Waals surface area contributed by atoms with Gasteiger partial charge in [-0.1, -0.05) is 15.9 Å². The number of Topliss-reactive ketones (excluding diaryl/α,β-unsaturated/α-hetero) is 1. The molecule has 0 fully saturated rings. The van der Waals surface area contributed by atoms with Crippen LogP contribution in [0.2, 0.25) is 0 Å². The van der Waals surface area contributed by atoms with Crippen molar-refractivity contribution in [2.75, 3.05) is 11.9 Å². The fourth-order valence-corrected chi connectivity index (χ4v) is 1.70. The summed E-state index contributed by atoms with van der Waals surface area (Å²) in [4.78, 5) is 22.8. The van der Waals surface area contributed by atoms with Gasteiger partial charge >= 0.3 is 5.97 Å². The van der Waals surface area contributed by atoms with Crippen LogP contribution in [0.4, 0.5) is 4.39 Å². The van der Waals surface area contributed by atoms with E-state index in [1.54, 1.807) is 0 Å². The second-order valence-electron chi connectivity index (χ2n) is 3.74. The van der Waals surface area contributed by atoms with Gasteiger partial charge in [-0.3, -0.25) is 9.59 Å². The lowest BCUT2D eigenvalue weighted by Gasteiger charge is -2.04. The molecule has 0 N–H and O–H groups in total. The maximum atomic E-state index is 12.6. The predicted octanol–water partition coefficient (Wildman–Crippen LogP) is 3.12. The van der Waals surface area contributed by atoms with Gasteiger partial charge in [0.15, 0.2) is 12.4 Å². The number of benzene rings is 1. The molecule has 0 saturated carbocycles. The van der Waals surface area contributed by atoms with Gasteiger partial charge < -0.3 is 4.74 Å². The summed E-state index contributed by atoms with van der Waals surface area (Å²) in [7, 11) is 0. The predicted molar refractivity (Wildman–Crippen MR) is 69.3 cm³/mol. The number of ketones is 1. The number of hydrogen-bond acceptors (Lipinski definition) is 3. The summed E-state index contributed by atoms with van der Waals surface area (Å²) < 4.78 is 17.5. The fraction of sp³-hybridized carbons (Fsp3) is 0.385. The molecule has 0 amide bonds. The normalized spacial score (nSPS) is 10.1. The highest BCUT2D eigenvalue weighted by Crippen LogP contribution is 2.05. The zero-order valence-electron chi connectivity index (χ0n) is 9.83. The zero-order chi connectivity index (χ0) is 13.4. The van der Waals surface area contributed by atoms with Crippen molar-refractivity contribution >= 4 is 27.7 Å². The summed E-state index contributed by atoms with van der Waals surface area (Å²) in [6.07, 6.45) is 1.93. The number of unbranched alkanes of at least 4 members (excludes halogenated alkanes) is 1.